The van der Waals surface area contributed by atoms with Gasteiger partial charge in [-0.1, -0.05) is 98.8 Å². The molecule has 1 aromatic heterocycles. The lowest BCUT2D eigenvalue weighted by Gasteiger charge is -2.29. The summed E-state index contributed by atoms with van der Waals surface area (Å²) in [5.41, 5.74) is 8.98. The van der Waals surface area contributed by atoms with E-state index in [0.29, 0.717) is 0 Å². The molecule has 7 aromatic rings. The molecule has 0 spiro atoms. The van der Waals surface area contributed by atoms with E-state index in [4.69, 9.17) is 0 Å². The summed E-state index contributed by atoms with van der Waals surface area (Å²) in [4.78, 5) is 2.45. The number of hydrogen-bond acceptors (Lipinski definition) is 2. The molecule has 2 heteroatoms. The van der Waals surface area contributed by atoms with E-state index in [0.717, 1.165) is 0 Å². The van der Waals surface area contributed by atoms with Crippen LogP contribution >= 0.6 is 11.3 Å². The number of anilines is 3. The molecule has 0 radical (unpaired) electrons. The average molecular weight is 518 g/mol. The molecule has 39 heavy (non-hydrogen) atoms. The lowest BCUT2D eigenvalue weighted by atomic mass is 9.82. The van der Waals surface area contributed by atoms with Crippen LogP contribution in [-0.4, -0.2) is 0 Å². The fraction of sp³-hybridized carbons (Fsp3) is 0.0811. The zero-order chi connectivity index (χ0) is 26.1. The summed E-state index contributed by atoms with van der Waals surface area (Å²) in [6.45, 7) is 4.71. The van der Waals surface area contributed by atoms with E-state index in [9.17, 15) is 0 Å². The monoisotopic (exact) mass is 517 g/mol. The maximum atomic E-state index is 2.45. The number of benzene rings is 6. The van der Waals surface area contributed by atoms with Crippen molar-refractivity contribution in [2.75, 3.05) is 4.90 Å². The second kappa shape index (κ2) is 8.30. The van der Waals surface area contributed by atoms with Gasteiger partial charge in [0.1, 0.15) is 0 Å². The Hall–Kier alpha value is -4.40. The van der Waals surface area contributed by atoms with Gasteiger partial charge in [0.25, 0.3) is 0 Å². The van der Waals surface area contributed by atoms with E-state index in [-0.39, 0.29) is 5.41 Å². The lowest BCUT2D eigenvalue weighted by Crippen LogP contribution is -2.16. The van der Waals surface area contributed by atoms with E-state index in [1.54, 1.807) is 0 Å². The van der Waals surface area contributed by atoms with Crippen LogP contribution in [0.4, 0.5) is 17.1 Å². The van der Waals surface area contributed by atoms with E-state index >= 15 is 0 Å². The van der Waals surface area contributed by atoms with Crippen LogP contribution in [0.3, 0.4) is 0 Å². The smallest absolute Gasteiger partial charge is 0.0540 e. The Morgan fingerprint density at radius 3 is 2.10 bits per heavy atom. The normalized spacial score (nSPS) is 13.6. The molecule has 0 saturated heterocycles. The average Bonchev–Trinajstić information content (AvgIpc) is 3.46. The van der Waals surface area contributed by atoms with Crippen molar-refractivity contribution < 1.29 is 0 Å². The van der Waals surface area contributed by atoms with Gasteiger partial charge in [-0.05, 0) is 70.1 Å². The molecule has 0 saturated carbocycles. The summed E-state index contributed by atoms with van der Waals surface area (Å²) in [6.07, 6.45) is 0. The fourth-order valence-corrected chi connectivity index (χ4v) is 7.60. The molecule has 1 aliphatic rings. The molecule has 0 aliphatic heterocycles. The highest BCUT2D eigenvalue weighted by Crippen LogP contribution is 2.51. The van der Waals surface area contributed by atoms with Crippen molar-refractivity contribution in [3.05, 3.63) is 139 Å². The summed E-state index contributed by atoms with van der Waals surface area (Å²) in [7, 11) is 0. The summed E-state index contributed by atoms with van der Waals surface area (Å²) in [6, 6.07) is 47.0. The Morgan fingerprint density at radius 2 is 1.18 bits per heavy atom. The topological polar surface area (TPSA) is 3.24 Å². The van der Waals surface area contributed by atoms with Crippen LogP contribution in [-0.2, 0) is 5.41 Å². The number of rotatable bonds is 3. The highest BCUT2D eigenvalue weighted by atomic mass is 32.1. The van der Waals surface area contributed by atoms with E-state index in [1.165, 1.54) is 70.3 Å². The first kappa shape index (κ1) is 22.6. The maximum absolute atomic E-state index is 2.45. The highest BCUT2D eigenvalue weighted by Gasteiger charge is 2.35. The minimum absolute atomic E-state index is 0.0557. The van der Waals surface area contributed by atoms with Crippen LogP contribution in [0.2, 0.25) is 0 Å². The summed E-state index contributed by atoms with van der Waals surface area (Å²) >= 11 is 1.87. The predicted octanol–water partition coefficient (Wildman–Crippen LogP) is 11.0. The van der Waals surface area contributed by atoms with Crippen LogP contribution < -0.4 is 4.90 Å². The predicted molar refractivity (Wildman–Crippen MR) is 169 cm³/mol. The second-order valence-corrected chi connectivity index (χ2v) is 12.1. The summed E-state index contributed by atoms with van der Waals surface area (Å²) in [5.74, 6) is 0. The van der Waals surface area contributed by atoms with Gasteiger partial charge < -0.3 is 4.90 Å². The first-order valence-electron chi connectivity index (χ1n) is 13.5. The van der Waals surface area contributed by atoms with Gasteiger partial charge in [-0.25, -0.2) is 0 Å². The molecule has 0 bridgehead atoms. The Labute approximate surface area is 232 Å². The SMILES string of the molecule is CC1(C)c2ccccc2-c2ccc(N(c3ccc4sc5ccccc5c4c3)c3cccc4ccccc34)cc21. The van der Waals surface area contributed by atoms with Crippen molar-refractivity contribution in [1.82, 2.24) is 0 Å². The molecule has 186 valence electrons. The van der Waals surface area contributed by atoms with E-state index < -0.39 is 0 Å². The number of hydrogen-bond donors (Lipinski definition) is 0. The molecular formula is C37H27NS. The number of nitrogens with zero attached hydrogens (tertiary/aromatic N) is 1. The van der Waals surface area contributed by atoms with Crippen LogP contribution in [0.25, 0.3) is 42.1 Å². The van der Waals surface area contributed by atoms with Crippen LogP contribution in [0.5, 0.6) is 0 Å². The minimum atomic E-state index is -0.0557. The molecular weight excluding hydrogens is 490 g/mol. The molecule has 1 nitrogen and oxygen atoms in total. The van der Waals surface area contributed by atoms with Crippen molar-refractivity contribution in [1.29, 1.82) is 0 Å². The summed E-state index contributed by atoms with van der Waals surface area (Å²) < 4.78 is 2.65. The third-order valence-corrected chi connectivity index (χ3v) is 9.60. The van der Waals surface area contributed by atoms with E-state index in [1.807, 2.05) is 11.3 Å². The van der Waals surface area contributed by atoms with Crippen molar-refractivity contribution in [2.45, 2.75) is 19.3 Å². The van der Waals surface area contributed by atoms with Crippen molar-refractivity contribution in [2.24, 2.45) is 0 Å². The molecule has 0 N–H and O–H groups in total. The number of thiophene rings is 1. The van der Waals surface area contributed by atoms with Gasteiger partial charge in [0, 0.05) is 42.3 Å². The van der Waals surface area contributed by atoms with Gasteiger partial charge in [-0.3, -0.25) is 0 Å². The van der Waals surface area contributed by atoms with Gasteiger partial charge in [0.05, 0.1) is 5.69 Å². The van der Waals surface area contributed by atoms with Crippen LogP contribution in [0.1, 0.15) is 25.0 Å². The molecule has 0 amide bonds. The first-order valence-corrected chi connectivity index (χ1v) is 14.3. The van der Waals surface area contributed by atoms with Gasteiger partial charge in [-0.15, -0.1) is 11.3 Å². The second-order valence-electron chi connectivity index (χ2n) is 11.0. The van der Waals surface area contributed by atoms with Gasteiger partial charge in [0.2, 0.25) is 0 Å². The van der Waals surface area contributed by atoms with E-state index in [2.05, 4.69) is 146 Å². The van der Waals surface area contributed by atoms with Crippen molar-refractivity contribution in [3.63, 3.8) is 0 Å². The Kier molecular flexibility index (Phi) is 4.80. The first-order chi connectivity index (χ1) is 19.1. The van der Waals surface area contributed by atoms with Gasteiger partial charge in [0.15, 0.2) is 0 Å². The minimum Gasteiger partial charge on any atom is -0.310 e. The van der Waals surface area contributed by atoms with Gasteiger partial charge >= 0.3 is 0 Å². The van der Waals surface area contributed by atoms with Gasteiger partial charge in [-0.2, -0.15) is 0 Å². The molecule has 1 heterocycles. The molecule has 1 aliphatic carbocycles. The molecule has 8 rings (SSSR count). The molecule has 0 atom stereocenters. The molecule has 0 unspecified atom stereocenters. The van der Waals surface area contributed by atoms with Crippen molar-refractivity contribution >= 4 is 59.3 Å². The Balaban J connectivity index is 1.40. The summed E-state index contributed by atoms with van der Waals surface area (Å²) in [5, 5.41) is 5.13. The molecule has 0 fully saturated rings. The Morgan fingerprint density at radius 1 is 0.513 bits per heavy atom. The zero-order valence-electron chi connectivity index (χ0n) is 22.0. The third-order valence-electron chi connectivity index (χ3n) is 8.45. The highest BCUT2D eigenvalue weighted by molar-refractivity contribution is 7.25. The van der Waals surface area contributed by atoms with Crippen LogP contribution in [0, 0.1) is 0 Å². The third kappa shape index (κ3) is 3.32. The maximum Gasteiger partial charge on any atom is 0.0540 e. The zero-order valence-corrected chi connectivity index (χ0v) is 22.8. The quantitative estimate of drug-likeness (QED) is 0.225. The standard InChI is InChI=1S/C37H27NS/c1-37(2)32-15-7-5-13-28(32)29-20-18-26(23-33(29)37)38(34-16-9-11-24-10-3-4-12-27(24)34)25-19-21-36-31(22-25)30-14-6-8-17-35(30)39-36/h3-23H,1-2H3. The van der Waals surface area contributed by atoms with Crippen LogP contribution in [0.15, 0.2) is 127 Å². The number of fused-ring (bicyclic) bond motifs is 7. The molecule has 6 aromatic carbocycles. The van der Waals surface area contributed by atoms with Crippen molar-refractivity contribution in [3.8, 4) is 11.1 Å². The fourth-order valence-electron chi connectivity index (χ4n) is 6.52. The Bertz CT molecular complexity index is 2060. The lowest BCUT2D eigenvalue weighted by molar-refractivity contribution is 0.660. The largest absolute Gasteiger partial charge is 0.310 e.